The van der Waals surface area contributed by atoms with E-state index in [1.807, 2.05) is 49.9 Å². The van der Waals surface area contributed by atoms with E-state index in [1.54, 1.807) is 4.31 Å². The van der Waals surface area contributed by atoms with Crippen LogP contribution in [0.1, 0.15) is 36.8 Å². The lowest BCUT2D eigenvalue weighted by Gasteiger charge is -2.33. The van der Waals surface area contributed by atoms with Crippen LogP contribution in [0.4, 0.5) is 6.01 Å². The molecule has 0 N–H and O–H groups in total. The van der Waals surface area contributed by atoms with Gasteiger partial charge in [0.2, 0.25) is 15.9 Å². The molecule has 2 aromatic rings. The van der Waals surface area contributed by atoms with Crippen LogP contribution in [-0.2, 0) is 15.8 Å². The largest absolute Gasteiger partial charge is 0.408 e. The Balaban J connectivity index is 1.64. The molecule has 0 radical (unpaired) electrons. The fourth-order valence-corrected chi connectivity index (χ4v) is 4.42. The minimum atomic E-state index is -3.33. The molecule has 1 saturated heterocycles. The van der Waals surface area contributed by atoms with E-state index in [0.29, 0.717) is 38.1 Å². The normalized spacial score (nSPS) is 16.6. The Kier molecular flexibility index (Phi) is 5.10. The van der Waals surface area contributed by atoms with Gasteiger partial charge in [-0.05, 0) is 18.1 Å². The van der Waals surface area contributed by atoms with E-state index in [-0.39, 0.29) is 11.7 Å². The van der Waals surface area contributed by atoms with E-state index in [2.05, 4.69) is 10.2 Å². The average Bonchev–Trinajstić information content (AvgIpc) is 3.07. The summed E-state index contributed by atoms with van der Waals surface area (Å²) >= 11 is 0. The molecule has 0 bridgehead atoms. The van der Waals surface area contributed by atoms with Gasteiger partial charge in [-0.25, -0.2) is 8.42 Å². The molecule has 0 spiro atoms. The van der Waals surface area contributed by atoms with Gasteiger partial charge >= 0.3 is 6.01 Å². The summed E-state index contributed by atoms with van der Waals surface area (Å²) in [6.07, 6.45) is 0. The van der Waals surface area contributed by atoms with E-state index in [9.17, 15) is 8.42 Å². The lowest BCUT2D eigenvalue weighted by molar-refractivity contribution is 0.367. The van der Waals surface area contributed by atoms with Crippen LogP contribution in [0.15, 0.2) is 28.7 Å². The lowest BCUT2D eigenvalue weighted by Crippen LogP contribution is -2.49. The third kappa shape index (κ3) is 4.01. The van der Waals surface area contributed by atoms with Gasteiger partial charge in [0.05, 0.1) is 5.75 Å². The van der Waals surface area contributed by atoms with E-state index < -0.39 is 10.0 Å². The molecule has 0 aliphatic carbocycles. The topological polar surface area (TPSA) is 79.5 Å². The molecule has 0 atom stereocenters. The fourth-order valence-electron chi connectivity index (χ4n) is 2.80. The molecule has 1 fully saturated rings. The second-order valence-corrected chi connectivity index (χ2v) is 8.62. The number of aromatic nitrogens is 2. The van der Waals surface area contributed by atoms with Crippen molar-refractivity contribution in [2.45, 2.75) is 32.4 Å². The highest BCUT2D eigenvalue weighted by atomic mass is 32.2. The molecule has 0 unspecified atom stereocenters. The summed E-state index contributed by atoms with van der Waals surface area (Å²) in [7, 11) is -3.33. The monoisotopic (exact) mass is 364 g/mol. The third-order valence-corrected chi connectivity index (χ3v) is 6.25. The molecular formula is C17H24N4O3S. The maximum Gasteiger partial charge on any atom is 0.318 e. The number of hydrogen-bond donors (Lipinski definition) is 0. The van der Waals surface area contributed by atoms with Crippen LogP contribution in [0.5, 0.6) is 0 Å². The van der Waals surface area contributed by atoms with Crippen molar-refractivity contribution < 1.29 is 12.8 Å². The fraction of sp³-hybridized carbons (Fsp3) is 0.529. The Hall–Kier alpha value is -1.93. The SMILES string of the molecule is Cc1ccccc1CS(=O)(=O)N1CCN(c2nnc(C(C)C)o2)CC1. The number of benzene rings is 1. The molecule has 136 valence electrons. The predicted octanol–water partition coefficient (Wildman–Crippen LogP) is 2.15. The van der Waals surface area contributed by atoms with Crippen molar-refractivity contribution in [2.24, 2.45) is 0 Å². The highest BCUT2D eigenvalue weighted by molar-refractivity contribution is 7.88. The molecule has 8 heteroatoms. The van der Waals surface area contributed by atoms with Crippen LogP contribution < -0.4 is 4.90 Å². The van der Waals surface area contributed by atoms with Crippen molar-refractivity contribution in [3.63, 3.8) is 0 Å². The maximum absolute atomic E-state index is 12.7. The number of anilines is 1. The first kappa shape index (κ1) is 17.9. The maximum atomic E-state index is 12.7. The van der Waals surface area contributed by atoms with Gasteiger partial charge in [-0.3, -0.25) is 0 Å². The highest BCUT2D eigenvalue weighted by Gasteiger charge is 2.29. The Bertz CT molecular complexity index is 824. The van der Waals surface area contributed by atoms with E-state index >= 15 is 0 Å². The summed E-state index contributed by atoms with van der Waals surface area (Å²) < 4.78 is 32.6. The molecule has 1 aliphatic rings. The van der Waals surface area contributed by atoms with Crippen molar-refractivity contribution in [2.75, 3.05) is 31.1 Å². The van der Waals surface area contributed by atoms with E-state index in [0.717, 1.165) is 11.1 Å². The van der Waals surface area contributed by atoms with Gasteiger partial charge in [0.1, 0.15) is 0 Å². The molecule has 7 nitrogen and oxygen atoms in total. The number of rotatable bonds is 5. The molecule has 1 aliphatic heterocycles. The molecule has 0 amide bonds. The number of piperazine rings is 1. The van der Waals surface area contributed by atoms with Gasteiger partial charge in [-0.1, -0.05) is 43.2 Å². The minimum Gasteiger partial charge on any atom is -0.408 e. The van der Waals surface area contributed by atoms with Crippen LogP contribution >= 0.6 is 0 Å². The minimum absolute atomic E-state index is 0.0394. The van der Waals surface area contributed by atoms with Gasteiger partial charge < -0.3 is 9.32 Å². The average molecular weight is 364 g/mol. The number of aryl methyl sites for hydroxylation is 1. The zero-order valence-corrected chi connectivity index (χ0v) is 15.7. The Morgan fingerprint density at radius 1 is 1.12 bits per heavy atom. The second-order valence-electron chi connectivity index (χ2n) is 6.65. The van der Waals surface area contributed by atoms with Crippen LogP contribution in [0, 0.1) is 6.92 Å². The first-order chi connectivity index (χ1) is 11.9. The van der Waals surface area contributed by atoms with E-state index in [4.69, 9.17) is 4.42 Å². The number of nitrogens with zero attached hydrogens (tertiary/aromatic N) is 4. The molecule has 3 rings (SSSR count). The van der Waals surface area contributed by atoms with Crippen molar-refractivity contribution in [1.82, 2.24) is 14.5 Å². The standard InChI is InChI=1S/C17H24N4O3S/c1-13(2)16-18-19-17(24-16)20-8-10-21(11-9-20)25(22,23)12-15-7-5-4-6-14(15)3/h4-7,13H,8-12H2,1-3H3. The Labute approximate surface area is 148 Å². The predicted molar refractivity (Wildman–Crippen MR) is 96.0 cm³/mol. The van der Waals surface area contributed by atoms with Gasteiger partial charge in [-0.2, -0.15) is 4.31 Å². The summed E-state index contributed by atoms with van der Waals surface area (Å²) in [6.45, 7) is 7.87. The summed E-state index contributed by atoms with van der Waals surface area (Å²) in [5.41, 5.74) is 1.85. The van der Waals surface area contributed by atoms with Crippen LogP contribution in [0.2, 0.25) is 0 Å². The Morgan fingerprint density at radius 3 is 2.40 bits per heavy atom. The summed E-state index contributed by atoms with van der Waals surface area (Å²) in [5.74, 6) is 0.819. The smallest absolute Gasteiger partial charge is 0.318 e. The number of hydrogen-bond acceptors (Lipinski definition) is 6. The van der Waals surface area contributed by atoms with Crippen LogP contribution in [0.3, 0.4) is 0 Å². The van der Waals surface area contributed by atoms with Gasteiger partial charge in [0.25, 0.3) is 0 Å². The highest BCUT2D eigenvalue weighted by Crippen LogP contribution is 2.21. The summed E-state index contributed by atoms with van der Waals surface area (Å²) in [6, 6.07) is 8.07. The van der Waals surface area contributed by atoms with Crippen molar-refractivity contribution >= 4 is 16.0 Å². The summed E-state index contributed by atoms with van der Waals surface area (Å²) in [4.78, 5) is 1.94. The summed E-state index contributed by atoms with van der Waals surface area (Å²) in [5, 5.41) is 8.10. The molecular weight excluding hydrogens is 340 g/mol. The Morgan fingerprint density at radius 2 is 1.80 bits per heavy atom. The third-order valence-electron chi connectivity index (χ3n) is 4.43. The number of sulfonamides is 1. The molecule has 1 aromatic heterocycles. The molecule has 2 heterocycles. The first-order valence-corrected chi connectivity index (χ1v) is 10.1. The van der Waals surface area contributed by atoms with E-state index in [1.165, 1.54) is 0 Å². The molecule has 0 saturated carbocycles. The van der Waals surface area contributed by atoms with Crippen LogP contribution in [-0.4, -0.2) is 49.1 Å². The lowest BCUT2D eigenvalue weighted by atomic mass is 10.1. The van der Waals surface area contributed by atoms with Gasteiger partial charge in [0, 0.05) is 32.1 Å². The first-order valence-electron chi connectivity index (χ1n) is 8.47. The zero-order valence-electron chi connectivity index (χ0n) is 14.8. The van der Waals surface area contributed by atoms with Gasteiger partial charge in [0.15, 0.2) is 0 Å². The van der Waals surface area contributed by atoms with Crippen molar-refractivity contribution in [1.29, 1.82) is 0 Å². The quantitative estimate of drug-likeness (QED) is 0.809. The van der Waals surface area contributed by atoms with Crippen LogP contribution in [0.25, 0.3) is 0 Å². The second kappa shape index (κ2) is 7.13. The van der Waals surface area contributed by atoms with Gasteiger partial charge in [-0.15, -0.1) is 5.10 Å². The van der Waals surface area contributed by atoms with Crippen molar-refractivity contribution in [3.8, 4) is 0 Å². The molecule has 25 heavy (non-hydrogen) atoms. The molecule has 1 aromatic carbocycles. The zero-order chi connectivity index (χ0) is 18.0. The van der Waals surface area contributed by atoms with Crippen molar-refractivity contribution in [3.05, 3.63) is 41.3 Å².